The molecule has 0 aliphatic carbocycles. The van der Waals surface area contributed by atoms with Crippen molar-refractivity contribution in [2.75, 3.05) is 22.9 Å². The molecule has 0 bridgehead atoms. The Morgan fingerprint density at radius 2 is 1.66 bits per heavy atom. The normalized spacial score (nSPS) is 17.4. The van der Waals surface area contributed by atoms with Crippen LogP contribution in [-0.4, -0.2) is 32.8 Å². The first kappa shape index (κ1) is 24.1. The minimum absolute atomic E-state index is 0.0746. The number of alkyl halides is 6. The SMILES string of the molecule is O=S(=O)(Nc1ccc(C(F)(F)F)c(N(O)C2CCNC2)c1)c1ccc(F)c(C(F)(F)F)c1. The van der Waals surface area contributed by atoms with Gasteiger partial charge in [-0.1, -0.05) is 0 Å². The van der Waals surface area contributed by atoms with E-state index in [0.29, 0.717) is 42.3 Å². The highest BCUT2D eigenvalue weighted by Crippen LogP contribution is 2.39. The summed E-state index contributed by atoms with van der Waals surface area (Å²) in [5.74, 6) is -1.69. The number of benzene rings is 2. The van der Waals surface area contributed by atoms with Crippen LogP contribution in [0.3, 0.4) is 0 Å². The molecule has 32 heavy (non-hydrogen) atoms. The van der Waals surface area contributed by atoms with E-state index in [2.05, 4.69) is 5.32 Å². The van der Waals surface area contributed by atoms with Crippen LogP contribution >= 0.6 is 0 Å². The molecule has 2 aromatic carbocycles. The van der Waals surface area contributed by atoms with Crippen LogP contribution in [0.1, 0.15) is 17.5 Å². The second-order valence-corrected chi connectivity index (χ2v) is 8.65. The second-order valence-electron chi connectivity index (χ2n) is 6.97. The van der Waals surface area contributed by atoms with Crippen LogP contribution in [0, 0.1) is 5.82 Å². The molecule has 3 N–H and O–H groups in total. The highest BCUT2D eigenvalue weighted by atomic mass is 32.2. The molecule has 1 unspecified atom stereocenters. The van der Waals surface area contributed by atoms with E-state index in [4.69, 9.17) is 0 Å². The van der Waals surface area contributed by atoms with E-state index < -0.39 is 61.6 Å². The standard InChI is InChI=1S/C18H16F7N3O3S/c19-15-4-2-12(8-14(15)18(23,24)25)32(30,31)27-10-1-3-13(17(20,21)22)16(7-10)28(29)11-5-6-26-9-11/h1-4,7-8,11,26-27,29H,5-6,9H2. The van der Waals surface area contributed by atoms with Crippen LogP contribution in [0.2, 0.25) is 0 Å². The van der Waals surface area contributed by atoms with Gasteiger partial charge in [0.15, 0.2) is 0 Å². The summed E-state index contributed by atoms with van der Waals surface area (Å²) in [5, 5.41) is 13.5. The number of halogens is 7. The van der Waals surface area contributed by atoms with Crippen LogP contribution in [0.4, 0.5) is 42.1 Å². The zero-order chi connectivity index (χ0) is 23.9. The van der Waals surface area contributed by atoms with Crippen molar-refractivity contribution in [2.24, 2.45) is 0 Å². The summed E-state index contributed by atoms with van der Waals surface area (Å²) in [6, 6.07) is 2.26. The summed E-state index contributed by atoms with van der Waals surface area (Å²) >= 11 is 0. The number of sulfonamides is 1. The van der Waals surface area contributed by atoms with Gasteiger partial charge in [0.1, 0.15) is 5.82 Å². The second kappa shape index (κ2) is 8.41. The maximum absolute atomic E-state index is 13.4. The van der Waals surface area contributed by atoms with Gasteiger partial charge < -0.3 is 5.32 Å². The molecular formula is C18H16F7N3O3S. The Bertz CT molecular complexity index is 1100. The Morgan fingerprint density at radius 1 is 1.00 bits per heavy atom. The lowest BCUT2D eigenvalue weighted by molar-refractivity contribution is -0.140. The molecule has 1 atom stereocenters. The lowest BCUT2D eigenvalue weighted by atomic mass is 10.1. The summed E-state index contributed by atoms with van der Waals surface area (Å²) in [5.41, 5.74) is -4.24. The predicted molar refractivity (Wildman–Crippen MR) is 99.2 cm³/mol. The van der Waals surface area contributed by atoms with Crippen molar-refractivity contribution < 1.29 is 44.4 Å². The van der Waals surface area contributed by atoms with Crippen molar-refractivity contribution in [2.45, 2.75) is 29.7 Å². The van der Waals surface area contributed by atoms with E-state index in [0.717, 1.165) is 6.07 Å². The van der Waals surface area contributed by atoms with Crippen molar-refractivity contribution in [1.82, 2.24) is 5.32 Å². The summed E-state index contributed by atoms with van der Waals surface area (Å²) in [4.78, 5) is -0.950. The Labute approximate surface area is 177 Å². The molecule has 0 spiro atoms. The van der Waals surface area contributed by atoms with Gasteiger partial charge >= 0.3 is 12.4 Å². The molecule has 6 nitrogen and oxygen atoms in total. The fraction of sp³-hybridized carbons (Fsp3) is 0.333. The van der Waals surface area contributed by atoms with Crippen molar-refractivity contribution in [3.63, 3.8) is 0 Å². The molecule has 1 fully saturated rings. The van der Waals surface area contributed by atoms with E-state index in [1.54, 1.807) is 0 Å². The number of anilines is 2. The Hall–Kier alpha value is -2.58. The fourth-order valence-electron chi connectivity index (χ4n) is 3.17. The quantitative estimate of drug-likeness (QED) is 0.435. The van der Waals surface area contributed by atoms with E-state index in [1.165, 1.54) is 0 Å². The van der Waals surface area contributed by atoms with E-state index in [9.17, 15) is 44.4 Å². The van der Waals surface area contributed by atoms with E-state index >= 15 is 0 Å². The van der Waals surface area contributed by atoms with Crippen molar-refractivity contribution in [1.29, 1.82) is 0 Å². The van der Waals surface area contributed by atoms with Gasteiger partial charge in [-0.3, -0.25) is 15.0 Å². The average molecular weight is 487 g/mol. The molecule has 0 amide bonds. The number of hydroxylamine groups is 1. The van der Waals surface area contributed by atoms with Gasteiger partial charge in [-0.15, -0.1) is 0 Å². The number of rotatable bonds is 5. The molecule has 0 radical (unpaired) electrons. The highest BCUT2D eigenvalue weighted by Gasteiger charge is 2.38. The predicted octanol–water partition coefficient (Wildman–Crippen LogP) is 4.22. The van der Waals surface area contributed by atoms with E-state index in [1.807, 2.05) is 4.72 Å². The highest BCUT2D eigenvalue weighted by molar-refractivity contribution is 7.92. The number of nitrogens with one attached hydrogen (secondary N) is 2. The van der Waals surface area contributed by atoms with Crippen LogP contribution in [0.15, 0.2) is 41.3 Å². The molecular weight excluding hydrogens is 471 g/mol. The molecule has 176 valence electrons. The zero-order valence-electron chi connectivity index (χ0n) is 15.9. The van der Waals surface area contributed by atoms with Crippen molar-refractivity contribution in [3.05, 3.63) is 53.3 Å². The van der Waals surface area contributed by atoms with Crippen LogP contribution in [0.5, 0.6) is 0 Å². The molecule has 14 heteroatoms. The van der Waals surface area contributed by atoms with Gasteiger partial charge in [0.2, 0.25) is 0 Å². The Kier molecular flexibility index (Phi) is 6.32. The van der Waals surface area contributed by atoms with Crippen LogP contribution in [-0.2, 0) is 22.4 Å². The largest absolute Gasteiger partial charge is 0.419 e. The van der Waals surface area contributed by atoms with Crippen LogP contribution in [0.25, 0.3) is 0 Å². The minimum atomic E-state index is -5.16. The summed E-state index contributed by atoms with van der Waals surface area (Å²) in [6.45, 7) is 0.626. The van der Waals surface area contributed by atoms with Crippen molar-refractivity contribution in [3.8, 4) is 0 Å². The average Bonchev–Trinajstić information content (AvgIpc) is 3.20. The van der Waals surface area contributed by atoms with Gasteiger partial charge in [-0.25, -0.2) is 12.8 Å². The molecule has 1 saturated heterocycles. The third kappa shape index (κ3) is 5.07. The minimum Gasteiger partial charge on any atom is -0.315 e. The summed E-state index contributed by atoms with van der Waals surface area (Å²) in [6.07, 6.45) is -9.72. The van der Waals surface area contributed by atoms with Crippen molar-refractivity contribution >= 4 is 21.4 Å². The first-order valence-electron chi connectivity index (χ1n) is 9.00. The fourth-order valence-corrected chi connectivity index (χ4v) is 4.25. The third-order valence-electron chi connectivity index (χ3n) is 4.74. The molecule has 1 aliphatic heterocycles. The Morgan fingerprint density at radius 3 is 2.22 bits per heavy atom. The molecule has 2 aromatic rings. The van der Waals surface area contributed by atoms with Gasteiger partial charge in [0, 0.05) is 6.54 Å². The Balaban J connectivity index is 1.99. The molecule has 3 rings (SSSR count). The lowest BCUT2D eigenvalue weighted by Gasteiger charge is -2.27. The molecule has 1 aliphatic rings. The molecule has 0 saturated carbocycles. The van der Waals surface area contributed by atoms with Gasteiger partial charge in [0.05, 0.1) is 33.4 Å². The summed E-state index contributed by atoms with van der Waals surface area (Å²) < 4.78 is 119. The lowest BCUT2D eigenvalue weighted by Crippen LogP contribution is -2.35. The maximum Gasteiger partial charge on any atom is 0.419 e. The first-order valence-corrected chi connectivity index (χ1v) is 10.5. The molecule has 0 aromatic heterocycles. The van der Waals surface area contributed by atoms with Gasteiger partial charge in [0.25, 0.3) is 10.0 Å². The number of hydrogen-bond donors (Lipinski definition) is 3. The topological polar surface area (TPSA) is 81.7 Å². The first-order chi connectivity index (χ1) is 14.7. The zero-order valence-corrected chi connectivity index (χ0v) is 16.7. The monoisotopic (exact) mass is 487 g/mol. The van der Waals surface area contributed by atoms with Gasteiger partial charge in [-0.2, -0.15) is 26.3 Å². The maximum atomic E-state index is 13.4. The summed E-state index contributed by atoms with van der Waals surface area (Å²) in [7, 11) is -4.73. The van der Waals surface area contributed by atoms with E-state index in [-0.39, 0.29) is 12.6 Å². The van der Waals surface area contributed by atoms with Gasteiger partial charge in [-0.05, 0) is 49.4 Å². The number of hydrogen-bond acceptors (Lipinski definition) is 5. The smallest absolute Gasteiger partial charge is 0.315 e. The third-order valence-corrected chi connectivity index (χ3v) is 6.11. The van der Waals surface area contributed by atoms with Crippen LogP contribution < -0.4 is 15.1 Å². The molecule has 1 heterocycles. The number of nitrogens with zero attached hydrogens (tertiary/aromatic N) is 1.